The number of carbonyl (C=O) groups excluding carboxylic acids is 2. The molecule has 1 aliphatic heterocycles. The molecule has 1 saturated carbocycles. The number of rotatable bonds is 5. The molecule has 28 heavy (non-hydrogen) atoms. The third kappa shape index (κ3) is 3.59. The fourth-order valence-electron chi connectivity index (χ4n) is 3.76. The van der Waals surface area contributed by atoms with E-state index in [4.69, 9.17) is 4.74 Å². The van der Waals surface area contributed by atoms with Crippen molar-refractivity contribution in [1.29, 1.82) is 0 Å². The van der Waals surface area contributed by atoms with Gasteiger partial charge in [0.25, 0.3) is 5.91 Å². The van der Waals surface area contributed by atoms with Crippen LogP contribution >= 0.6 is 0 Å². The van der Waals surface area contributed by atoms with Crippen LogP contribution in [-0.2, 0) is 9.59 Å². The molecule has 0 saturated heterocycles. The molecular weight excluding hydrogens is 359 g/mol. The molecule has 1 aliphatic carbocycles. The number of fused-ring (bicyclic) bond motifs is 1. The van der Waals surface area contributed by atoms with E-state index in [1.807, 2.05) is 6.07 Å². The van der Waals surface area contributed by atoms with E-state index in [1.54, 1.807) is 38.2 Å². The van der Waals surface area contributed by atoms with E-state index in [0.29, 0.717) is 35.0 Å². The van der Waals surface area contributed by atoms with Crippen molar-refractivity contribution < 1.29 is 18.7 Å². The molecule has 0 radical (unpaired) electrons. The maximum Gasteiger partial charge on any atom is 0.264 e. The summed E-state index contributed by atoms with van der Waals surface area (Å²) in [5.74, 6) is 0.573. The Labute approximate surface area is 163 Å². The Morgan fingerprint density at radius 2 is 2.11 bits per heavy atom. The van der Waals surface area contributed by atoms with Crippen molar-refractivity contribution in [3.63, 3.8) is 0 Å². The number of anilines is 2. The summed E-state index contributed by atoms with van der Waals surface area (Å²) in [6, 6.07) is 10.5. The maximum atomic E-state index is 13.6. The zero-order chi connectivity index (χ0) is 19.8. The van der Waals surface area contributed by atoms with Gasteiger partial charge >= 0.3 is 0 Å². The summed E-state index contributed by atoms with van der Waals surface area (Å²) in [7, 11) is 1.69. The van der Waals surface area contributed by atoms with Gasteiger partial charge in [-0.1, -0.05) is 18.2 Å². The van der Waals surface area contributed by atoms with Crippen LogP contribution in [0.5, 0.6) is 5.75 Å². The molecule has 4 rings (SSSR count). The highest BCUT2D eigenvalue weighted by molar-refractivity contribution is 6.01. The van der Waals surface area contributed by atoms with E-state index in [9.17, 15) is 14.0 Å². The van der Waals surface area contributed by atoms with E-state index in [0.717, 1.165) is 18.4 Å². The average Bonchev–Trinajstić information content (AvgIpc) is 3.51. The van der Waals surface area contributed by atoms with E-state index >= 15 is 0 Å². The Morgan fingerprint density at radius 1 is 1.32 bits per heavy atom. The molecule has 0 aromatic heterocycles. The van der Waals surface area contributed by atoms with E-state index in [2.05, 4.69) is 5.32 Å². The molecule has 2 aliphatic rings. The third-order valence-corrected chi connectivity index (χ3v) is 5.55. The summed E-state index contributed by atoms with van der Waals surface area (Å²) >= 11 is 0. The lowest BCUT2D eigenvalue weighted by Gasteiger charge is -2.27. The number of halogens is 1. The van der Waals surface area contributed by atoms with Crippen molar-refractivity contribution in [3.05, 3.63) is 53.3 Å². The number of hydrogen-bond acceptors (Lipinski definition) is 3. The van der Waals surface area contributed by atoms with Gasteiger partial charge in [0, 0.05) is 13.5 Å². The van der Waals surface area contributed by atoms with Crippen LogP contribution in [0.15, 0.2) is 36.4 Å². The first-order chi connectivity index (χ1) is 13.4. The Bertz CT molecular complexity index is 939. The summed E-state index contributed by atoms with van der Waals surface area (Å²) in [5, 5.41) is 2.94. The smallest absolute Gasteiger partial charge is 0.264 e. The van der Waals surface area contributed by atoms with Crippen LogP contribution in [-0.4, -0.2) is 25.5 Å². The average molecular weight is 382 g/mol. The molecule has 2 aromatic rings. The lowest BCUT2D eigenvalue weighted by Crippen LogP contribution is -2.35. The minimum Gasteiger partial charge on any atom is -0.479 e. The number of likely N-dealkylation sites (N-methyl/N-ethyl adjacent to an activating group) is 1. The lowest BCUT2D eigenvalue weighted by atomic mass is 9.89. The minimum absolute atomic E-state index is 0.0457. The monoisotopic (exact) mass is 382 g/mol. The molecule has 1 unspecified atom stereocenters. The molecule has 2 amide bonds. The van der Waals surface area contributed by atoms with Gasteiger partial charge < -0.3 is 15.0 Å². The van der Waals surface area contributed by atoms with Gasteiger partial charge in [0.05, 0.1) is 11.4 Å². The molecular formula is C22H23FN2O3. The first-order valence-corrected chi connectivity index (χ1v) is 9.52. The van der Waals surface area contributed by atoms with Crippen LogP contribution in [0.25, 0.3) is 0 Å². The summed E-state index contributed by atoms with van der Waals surface area (Å²) in [6.07, 6.45) is 2.50. The maximum absolute atomic E-state index is 13.6. The standard InChI is InChI=1S/C22H23FN2O3/c1-13-10-15(8-9-17(13)23)16(14-6-7-14)11-20(26)24-18-4-3-5-19-22(18)28-12-21(27)25(19)2/h3-5,8-10,14,16H,6-7,11-12H2,1-2H3,(H,24,26). The predicted molar refractivity (Wildman–Crippen MR) is 105 cm³/mol. The summed E-state index contributed by atoms with van der Waals surface area (Å²) in [4.78, 5) is 26.1. The molecule has 1 heterocycles. The van der Waals surface area contributed by atoms with Gasteiger partial charge in [0.2, 0.25) is 5.91 Å². The Kier molecular flexibility index (Phi) is 4.79. The quantitative estimate of drug-likeness (QED) is 0.850. The van der Waals surface area contributed by atoms with Crippen LogP contribution in [0.3, 0.4) is 0 Å². The highest BCUT2D eigenvalue weighted by Gasteiger charge is 2.34. The number of carbonyl (C=O) groups is 2. The van der Waals surface area contributed by atoms with Gasteiger partial charge in [-0.15, -0.1) is 0 Å². The number of benzene rings is 2. The Hall–Kier alpha value is -2.89. The SMILES string of the molecule is Cc1cc(C(CC(=O)Nc2cccc3c2OCC(=O)N3C)C2CC2)ccc1F. The van der Waals surface area contributed by atoms with Gasteiger partial charge in [-0.25, -0.2) is 4.39 Å². The number of ether oxygens (including phenoxy) is 1. The minimum atomic E-state index is -0.227. The van der Waals surface area contributed by atoms with Crippen molar-refractivity contribution in [1.82, 2.24) is 0 Å². The highest BCUT2D eigenvalue weighted by Crippen LogP contribution is 2.45. The van der Waals surface area contributed by atoms with Crippen molar-refractivity contribution in [2.75, 3.05) is 23.9 Å². The second kappa shape index (κ2) is 7.26. The third-order valence-electron chi connectivity index (χ3n) is 5.55. The number of para-hydroxylation sites is 1. The molecule has 1 atom stereocenters. The van der Waals surface area contributed by atoms with Gasteiger partial charge in [-0.3, -0.25) is 9.59 Å². The highest BCUT2D eigenvalue weighted by atomic mass is 19.1. The molecule has 0 spiro atoms. The first kappa shape index (κ1) is 18.5. The second-order valence-corrected chi connectivity index (χ2v) is 7.60. The number of amides is 2. The fraction of sp³-hybridized carbons (Fsp3) is 0.364. The molecule has 1 fully saturated rings. The van der Waals surface area contributed by atoms with Crippen LogP contribution in [0.4, 0.5) is 15.8 Å². The van der Waals surface area contributed by atoms with Gasteiger partial charge in [0.1, 0.15) is 5.82 Å². The molecule has 6 heteroatoms. The summed E-state index contributed by atoms with van der Waals surface area (Å²) in [6.45, 7) is 1.70. The summed E-state index contributed by atoms with van der Waals surface area (Å²) in [5.41, 5.74) is 2.81. The van der Waals surface area contributed by atoms with Crippen molar-refractivity contribution >= 4 is 23.2 Å². The molecule has 1 N–H and O–H groups in total. The van der Waals surface area contributed by atoms with E-state index in [-0.39, 0.29) is 30.2 Å². The van der Waals surface area contributed by atoms with Crippen molar-refractivity contribution in [2.45, 2.75) is 32.1 Å². The van der Waals surface area contributed by atoms with Crippen LogP contribution in [0.1, 0.15) is 36.3 Å². The molecule has 2 aromatic carbocycles. The van der Waals surface area contributed by atoms with Crippen LogP contribution < -0.4 is 15.0 Å². The lowest BCUT2D eigenvalue weighted by molar-refractivity contribution is -0.121. The number of hydrogen-bond donors (Lipinski definition) is 1. The van der Waals surface area contributed by atoms with Crippen LogP contribution in [0.2, 0.25) is 0 Å². The Morgan fingerprint density at radius 3 is 2.82 bits per heavy atom. The Balaban J connectivity index is 1.52. The van der Waals surface area contributed by atoms with Crippen molar-refractivity contribution in [2.24, 2.45) is 5.92 Å². The first-order valence-electron chi connectivity index (χ1n) is 9.52. The zero-order valence-corrected chi connectivity index (χ0v) is 16.0. The number of nitrogens with one attached hydrogen (secondary N) is 1. The molecule has 146 valence electrons. The topological polar surface area (TPSA) is 58.6 Å². The fourth-order valence-corrected chi connectivity index (χ4v) is 3.76. The normalized spacial score (nSPS) is 17.0. The van der Waals surface area contributed by atoms with Crippen molar-refractivity contribution in [3.8, 4) is 5.75 Å². The number of aryl methyl sites for hydroxylation is 1. The van der Waals surface area contributed by atoms with Gasteiger partial charge in [-0.2, -0.15) is 0 Å². The van der Waals surface area contributed by atoms with Crippen LogP contribution in [0, 0.1) is 18.7 Å². The largest absolute Gasteiger partial charge is 0.479 e. The zero-order valence-electron chi connectivity index (χ0n) is 16.0. The molecule has 5 nitrogen and oxygen atoms in total. The number of nitrogens with zero attached hydrogens (tertiary/aromatic N) is 1. The summed E-state index contributed by atoms with van der Waals surface area (Å²) < 4.78 is 19.2. The van der Waals surface area contributed by atoms with Gasteiger partial charge in [0.15, 0.2) is 12.4 Å². The second-order valence-electron chi connectivity index (χ2n) is 7.60. The van der Waals surface area contributed by atoms with Gasteiger partial charge in [-0.05, 0) is 60.9 Å². The van der Waals surface area contributed by atoms with E-state index < -0.39 is 0 Å². The predicted octanol–water partition coefficient (Wildman–Crippen LogP) is 4.01. The molecule has 0 bridgehead atoms. The van der Waals surface area contributed by atoms with E-state index in [1.165, 1.54) is 11.0 Å².